The second kappa shape index (κ2) is 7.63. The summed E-state index contributed by atoms with van der Waals surface area (Å²) in [5, 5.41) is 10.4. The molecule has 1 saturated heterocycles. The molecule has 4 rings (SSSR count). The third kappa shape index (κ3) is 3.80. The monoisotopic (exact) mass is 365 g/mol. The Bertz CT molecular complexity index is 818. The number of aryl methyl sites for hydroxylation is 1. The number of rotatable bonds is 6. The summed E-state index contributed by atoms with van der Waals surface area (Å²) in [6.07, 6.45) is 5.74. The van der Waals surface area contributed by atoms with Gasteiger partial charge in [0, 0.05) is 31.1 Å². The highest BCUT2D eigenvalue weighted by Crippen LogP contribution is 2.42. The summed E-state index contributed by atoms with van der Waals surface area (Å²) in [4.78, 5) is 14.7. The number of nitrogens with zero attached hydrogens (tertiary/aromatic N) is 1. The van der Waals surface area contributed by atoms with Crippen molar-refractivity contribution in [2.75, 3.05) is 11.4 Å². The Hall–Kier alpha value is -2.49. The lowest BCUT2D eigenvalue weighted by Crippen LogP contribution is -2.36. The molecule has 27 heavy (non-hydrogen) atoms. The zero-order chi connectivity index (χ0) is 18.8. The zero-order valence-corrected chi connectivity index (χ0v) is 15.9. The van der Waals surface area contributed by atoms with E-state index in [4.69, 9.17) is 4.74 Å². The van der Waals surface area contributed by atoms with E-state index in [2.05, 4.69) is 36.1 Å². The third-order valence-corrected chi connectivity index (χ3v) is 5.71. The standard InChI is InChI=1S/C23H27NO3/c1-16(7-5-10-17-8-3-2-4-9-17)27-19-14-20-23(22(26)15-19)21(25)13-18-11-6-12-24(18)20/h2-4,8-9,14-16,18,26H,5-7,10-13H2,1H3/t16-,18-/m0/s1. The van der Waals surface area contributed by atoms with Crippen molar-refractivity contribution in [1.29, 1.82) is 0 Å². The van der Waals surface area contributed by atoms with E-state index in [9.17, 15) is 9.90 Å². The Balaban J connectivity index is 1.42. The topological polar surface area (TPSA) is 49.8 Å². The van der Waals surface area contributed by atoms with Gasteiger partial charge in [0.05, 0.1) is 17.4 Å². The van der Waals surface area contributed by atoms with Crippen LogP contribution in [-0.4, -0.2) is 29.6 Å². The van der Waals surface area contributed by atoms with Crippen molar-refractivity contribution in [2.24, 2.45) is 0 Å². The molecular weight excluding hydrogens is 338 g/mol. The molecule has 4 nitrogen and oxygen atoms in total. The van der Waals surface area contributed by atoms with E-state index < -0.39 is 0 Å². The van der Waals surface area contributed by atoms with Gasteiger partial charge in [0.15, 0.2) is 5.78 Å². The van der Waals surface area contributed by atoms with Gasteiger partial charge in [-0.05, 0) is 44.6 Å². The number of Topliss-reactive ketones (excluding diaryl/α,β-unsaturated/α-hetero) is 1. The van der Waals surface area contributed by atoms with Gasteiger partial charge in [0.25, 0.3) is 0 Å². The quantitative estimate of drug-likeness (QED) is 0.803. The fourth-order valence-corrected chi connectivity index (χ4v) is 4.38. The number of ketones is 1. The lowest BCUT2D eigenvalue weighted by atomic mass is 9.94. The van der Waals surface area contributed by atoms with Crippen molar-refractivity contribution in [3.63, 3.8) is 0 Å². The van der Waals surface area contributed by atoms with Crippen LogP contribution in [0.5, 0.6) is 11.5 Å². The van der Waals surface area contributed by atoms with Crippen molar-refractivity contribution >= 4 is 11.5 Å². The number of phenolic OH excluding ortho intramolecular Hbond substituents is 1. The smallest absolute Gasteiger partial charge is 0.170 e. The molecule has 4 heteroatoms. The Kier molecular flexibility index (Phi) is 5.06. The minimum absolute atomic E-state index is 0.0492. The number of anilines is 1. The van der Waals surface area contributed by atoms with Crippen molar-refractivity contribution in [3.05, 3.63) is 53.6 Å². The molecular formula is C23H27NO3. The molecule has 0 spiro atoms. The summed E-state index contributed by atoms with van der Waals surface area (Å²) in [6, 6.07) is 14.3. The molecule has 0 aliphatic carbocycles. The highest BCUT2D eigenvalue weighted by atomic mass is 16.5. The van der Waals surface area contributed by atoms with Crippen molar-refractivity contribution in [2.45, 2.75) is 57.6 Å². The molecule has 2 aliphatic rings. The first-order valence-electron chi connectivity index (χ1n) is 9.99. The van der Waals surface area contributed by atoms with Gasteiger partial charge in [-0.1, -0.05) is 30.3 Å². The Morgan fingerprint density at radius 3 is 2.89 bits per heavy atom. The second-order valence-corrected chi connectivity index (χ2v) is 7.76. The van der Waals surface area contributed by atoms with Gasteiger partial charge >= 0.3 is 0 Å². The highest BCUT2D eigenvalue weighted by molar-refractivity contribution is 6.06. The number of carbonyl (C=O) groups is 1. The van der Waals surface area contributed by atoms with Crippen LogP contribution in [0.1, 0.15) is 54.9 Å². The fourth-order valence-electron chi connectivity index (χ4n) is 4.38. The maximum absolute atomic E-state index is 12.4. The van der Waals surface area contributed by atoms with Crippen LogP contribution in [0.3, 0.4) is 0 Å². The molecule has 0 bridgehead atoms. The van der Waals surface area contributed by atoms with E-state index in [-0.39, 0.29) is 23.7 Å². The molecule has 2 heterocycles. The van der Waals surface area contributed by atoms with Gasteiger partial charge in [0.2, 0.25) is 0 Å². The van der Waals surface area contributed by atoms with Gasteiger partial charge in [-0.2, -0.15) is 0 Å². The number of fused-ring (bicyclic) bond motifs is 3. The van der Waals surface area contributed by atoms with Gasteiger partial charge in [0.1, 0.15) is 11.5 Å². The predicted molar refractivity (Wildman–Crippen MR) is 107 cm³/mol. The maximum atomic E-state index is 12.4. The first kappa shape index (κ1) is 17.9. The number of carbonyl (C=O) groups excluding carboxylic acids is 1. The molecule has 2 atom stereocenters. The van der Waals surface area contributed by atoms with Crippen LogP contribution in [0, 0.1) is 0 Å². The Morgan fingerprint density at radius 1 is 1.26 bits per heavy atom. The summed E-state index contributed by atoms with van der Waals surface area (Å²) in [5.41, 5.74) is 2.66. The third-order valence-electron chi connectivity index (χ3n) is 5.71. The van der Waals surface area contributed by atoms with Crippen molar-refractivity contribution in [1.82, 2.24) is 0 Å². The fraction of sp³-hybridized carbons (Fsp3) is 0.435. The molecule has 0 unspecified atom stereocenters. The van der Waals surface area contributed by atoms with Crippen LogP contribution in [0.25, 0.3) is 0 Å². The first-order valence-corrected chi connectivity index (χ1v) is 9.99. The summed E-state index contributed by atoms with van der Waals surface area (Å²) in [6.45, 7) is 3.01. The van der Waals surface area contributed by atoms with Crippen LogP contribution in [-0.2, 0) is 6.42 Å². The second-order valence-electron chi connectivity index (χ2n) is 7.76. The van der Waals surface area contributed by atoms with Crippen molar-refractivity contribution in [3.8, 4) is 11.5 Å². The van der Waals surface area contributed by atoms with Crippen LogP contribution >= 0.6 is 0 Å². The predicted octanol–water partition coefficient (Wildman–Crippen LogP) is 4.74. The molecule has 2 aromatic carbocycles. The van der Waals surface area contributed by atoms with Crippen LogP contribution in [0.15, 0.2) is 42.5 Å². The maximum Gasteiger partial charge on any atom is 0.170 e. The van der Waals surface area contributed by atoms with Gasteiger partial charge < -0.3 is 14.7 Å². The molecule has 1 N–H and O–H groups in total. The summed E-state index contributed by atoms with van der Waals surface area (Å²) >= 11 is 0. The summed E-state index contributed by atoms with van der Waals surface area (Å²) < 4.78 is 6.08. The number of hydrogen-bond donors (Lipinski definition) is 1. The number of hydrogen-bond acceptors (Lipinski definition) is 4. The van der Waals surface area contributed by atoms with E-state index >= 15 is 0 Å². The van der Waals surface area contributed by atoms with Gasteiger partial charge in [-0.25, -0.2) is 0 Å². The van der Waals surface area contributed by atoms with E-state index in [0.717, 1.165) is 44.3 Å². The van der Waals surface area contributed by atoms with Gasteiger partial charge in [-0.15, -0.1) is 0 Å². The first-order chi connectivity index (χ1) is 13.1. The van der Waals surface area contributed by atoms with E-state index in [1.54, 1.807) is 6.07 Å². The van der Waals surface area contributed by atoms with E-state index in [0.29, 0.717) is 17.7 Å². The normalized spacial score (nSPS) is 19.5. The molecule has 2 aliphatic heterocycles. The number of aromatic hydroxyl groups is 1. The highest BCUT2D eigenvalue weighted by Gasteiger charge is 2.36. The minimum Gasteiger partial charge on any atom is -0.507 e. The Labute approximate surface area is 160 Å². The van der Waals surface area contributed by atoms with Crippen LogP contribution < -0.4 is 9.64 Å². The molecule has 0 saturated carbocycles. The average molecular weight is 365 g/mol. The van der Waals surface area contributed by atoms with E-state index in [1.165, 1.54) is 5.56 Å². The molecule has 142 valence electrons. The Morgan fingerprint density at radius 2 is 2.07 bits per heavy atom. The molecule has 0 aromatic heterocycles. The van der Waals surface area contributed by atoms with Crippen molar-refractivity contribution < 1.29 is 14.6 Å². The number of ether oxygens (including phenoxy) is 1. The molecule has 1 fully saturated rings. The van der Waals surface area contributed by atoms with Gasteiger partial charge in [-0.3, -0.25) is 4.79 Å². The SMILES string of the molecule is C[C@@H](CCCc1ccccc1)Oc1cc(O)c2c(c1)N1CCC[C@H]1CC2=O. The van der Waals surface area contributed by atoms with Crippen LogP contribution in [0.2, 0.25) is 0 Å². The molecule has 0 radical (unpaired) electrons. The zero-order valence-electron chi connectivity index (χ0n) is 15.9. The van der Waals surface area contributed by atoms with E-state index in [1.807, 2.05) is 12.1 Å². The molecule has 2 aromatic rings. The average Bonchev–Trinajstić information content (AvgIpc) is 3.11. The lowest BCUT2D eigenvalue weighted by Gasteiger charge is -2.33. The van der Waals surface area contributed by atoms with Crippen LogP contribution in [0.4, 0.5) is 5.69 Å². The summed E-state index contributed by atoms with van der Waals surface area (Å²) in [5.74, 6) is 0.751. The summed E-state index contributed by atoms with van der Waals surface area (Å²) in [7, 11) is 0. The minimum atomic E-state index is 0.0492. The number of benzene rings is 2. The molecule has 0 amide bonds. The number of phenols is 1. The lowest BCUT2D eigenvalue weighted by molar-refractivity contribution is 0.0966. The largest absolute Gasteiger partial charge is 0.507 e.